The predicted molar refractivity (Wildman–Crippen MR) is 172 cm³/mol. The van der Waals surface area contributed by atoms with Gasteiger partial charge in [-0.15, -0.1) is 0 Å². The average molecular weight is 592 g/mol. The van der Waals surface area contributed by atoms with Crippen molar-refractivity contribution in [2.45, 2.75) is 42.6 Å². The fourth-order valence-electron chi connectivity index (χ4n) is 5.78. The lowest BCUT2D eigenvalue weighted by Crippen LogP contribution is -2.29. The summed E-state index contributed by atoms with van der Waals surface area (Å²) < 4.78 is 2.32. The van der Waals surface area contributed by atoms with Gasteiger partial charge in [0.1, 0.15) is 0 Å². The maximum atomic E-state index is 11.0. The predicted octanol–water partition coefficient (Wildman–Crippen LogP) is 8.03. The Labute approximate surface area is 254 Å². The fraction of sp³-hybridized carbons (Fsp3) is 0.152. The molecule has 1 saturated heterocycles. The van der Waals surface area contributed by atoms with Gasteiger partial charge in [-0.1, -0.05) is 36.0 Å². The van der Waals surface area contributed by atoms with Gasteiger partial charge in [0, 0.05) is 56.4 Å². The Bertz CT molecular complexity index is 1750. The molecule has 2 atom stereocenters. The summed E-state index contributed by atoms with van der Waals surface area (Å²) in [6.45, 7) is 6.54. The highest BCUT2D eigenvalue weighted by atomic mass is 32.2. The molecule has 5 aromatic rings. The number of rotatable bonds is 7. The number of pyridine rings is 1. The van der Waals surface area contributed by atoms with Crippen molar-refractivity contribution in [3.05, 3.63) is 142 Å². The van der Waals surface area contributed by atoms with E-state index in [1.54, 1.807) is 23.9 Å². The SMILES string of the molecule is Cc1c([C@H]2[C@H](c3ccccn3)NC(=S)N2c2ccc(Sc3ccc([N+](=O)[O-])cc3)cc2)c(C)n(-c2ccccc2)c1C. The number of aromatic nitrogens is 2. The van der Waals surface area contributed by atoms with Crippen LogP contribution in [0.4, 0.5) is 11.4 Å². The monoisotopic (exact) mass is 591 g/mol. The Hall–Kier alpha value is -4.47. The number of benzene rings is 3. The first kappa shape index (κ1) is 27.7. The molecule has 0 aliphatic carbocycles. The molecule has 3 heterocycles. The first-order valence-electron chi connectivity index (χ1n) is 13.6. The van der Waals surface area contributed by atoms with E-state index in [0.717, 1.165) is 26.9 Å². The number of hydrogen-bond acceptors (Lipinski definition) is 5. The Kier molecular flexibility index (Phi) is 7.53. The van der Waals surface area contributed by atoms with Crippen LogP contribution in [0.2, 0.25) is 0 Å². The van der Waals surface area contributed by atoms with E-state index in [4.69, 9.17) is 17.2 Å². The van der Waals surface area contributed by atoms with Crippen molar-refractivity contribution in [2.75, 3.05) is 4.90 Å². The van der Waals surface area contributed by atoms with E-state index < -0.39 is 0 Å². The molecule has 0 bridgehead atoms. The van der Waals surface area contributed by atoms with Gasteiger partial charge in [-0.25, -0.2) is 0 Å². The zero-order valence-corrected chi connectivity index (χ0v) is 25.0. The highest BCUT2D eigenvalue weighted by molar-refractivity contribution is 7.99. The van der Waals surface area contributed by atoms with Crippen LogP contribution in [0, 0.1) is 30.9 Å². The van der Waals surface area contributed by atoms with Crippen LogP contribution in [0.3, 0.4) is 0 Å². The number of nitro benzene ring substituents is 1. The van der Waals surface area contributed by atoms with Gasteiger partial charge in [0.15, 0.2) is 5.11 Å². The third-order valence-corrected chi connectivity index (χ3v) is 9.14. The van der Waals surface area contributed by atoms with Crippen molar-refractivity contribution in [1.29, 1.82) is 0 Å². The molecule has 1 fully saturated rings. The molecular formula is C33H29N5O2S2. The van der Waals surface area contributed by atoms with Gasteiger partial charge in [0.2, 0.25) is 0 Å². The number of non-ortho nitro benzene ring substituents is 1. The lowest BCUT2D eigenvalue weighted by atomic mass is 9.93. The van der Waals surface area contributed by atoms with E-state index in [0.29, 0.717) is 5.11 Å². The molecule has 0 spiro atoms. The summed E-state index contributed by atoms with van der Waals surface area (Å²) >= 11 is 7.55. The Morgan fingerprint density at radius 1 is 0.833 bits per heavy atom. The number of nitro groups is 1. The van der Waals surface area contributed by atoms with Crippen molar-refractivity contribution in [3.63, 3.8) is 0 Å². The normalized spacial score (nSPS) is 16.5. The molecule has 2 aromatic heterocycles. The number of nitrogens with one attached hydrogen (secondary N) is 1. The number of hydrogen-bond donors (Lipinski definition) is 1. The summed E-state index contributed by atoms with van der Waals surface area (Å²) in [4.78, 5) is 19.5. The molecular weight excluding hydrogens is 563 g/mol. The molecule has 6 rings (SSSR count). The summed E-state index contributed by atoms with van der Waals surface area (Å²) in [6.07, 6.45) is 1.82. The third-order valence-electron chi connectivity index (χ3n) is 7.81. The van der Waals surface area contributed by atoms with E-state index in [-0.39, 0.29) is 22.7 Å². The van der Waals surface area contributed by atoms with Crippen LogP contribution in [-0.2, 0) is 0 Å². The number of thiocarbonyl (C=S) groups is 1. The first-order chi connectivity index (χ1) is 20.3. The van der Waals surface area contributed by atoms with Crippen LogP contribution in [0.5, 0.6) is 0 Å². The summed E-state index contributed by atoms with van der Waals surface area (Å²) in [5.41, 5.74) is 7.94. The molecule has 3 aromatic carbocycles. The minimum absolute atomic E-state index is 0.0835. The lowest BCUT2D eigenvalue weighted by molar-refractivity contribution is -0.384. The number of anilines is 1. The fourth-order valence-corrected chi connectivity index (χ4v) is 6.94. The average Bonchev–Trinajstić information content (AvgIpc) is 3.45. The van der Waals surface area contributed by atoms with Crippen LogP contribution in [0.25, 0.3) is 5.69 Å². The van der Waals surface area contributed by atoms with Crippen LogP contribution in [-0.4, -0.2) is 19.6 Å². The molecule has 210 valence electrons. The van der Waals surface area contributed by atoms with E-state index in [1.807, 2.05) is 30.5 Å². The highest BCUT2D eigenvalue weighted by Gasteiger charge is 2.43. The summed E-state index contributed by atoms with van der Waals surface area (Å²) in [6, 6.07) is 31.1. The molecule has 0 amide bonds. The maximum absolute atomic E-state index is 11.0. The maximum Gasteiger partial charge on any atom is 0.269 e. The van der Waals surface area contributed by atoms with E-state index in [2.05, 4.69) is 84.1 Å². The summed E-state index contributed by atoms with van der Waals surface area (Å²) in [5.74, 6) is 0. The summed E-state index contributed by atoms with van der Waals surface area (Å²) in [7, 11) is 0. The Morgan fingerprint density at radius 2 is 1.48 bits per heavy atom. The molecule has 42 heavy (non-hydrogen) atoms. The van der Waals surface area contributed by atoms with Crippen molar-refractivity contribution in [3.8, 4) is 5.69 Å². The molecule has 7 nitrogen and oxygen atoms in total. The highest BCUT2D eigenvalue weighted by Crippen LogP contribution is 2.45. The minimum atomic E-state index is -0.385. The number of nitrogens with zero attached hydrogens (tertiary/aromatic N) is 4. The van der Waals surface area contributed by atoms with Crippen LogP contribution < -0.4 is 10.2 Å². The standard InChI is InChI=1S/C33H29N5O2S2/c1-21-22(2)36(24-9-5-4-6-10-24)23(3)30(21)32-31(29-11-7-8-20-34-29)35-33(41)37(32)25-12-16-27(17-13-25)42-28-18-14-26(15-19-28)38(39)40/h4-20,31-32H,1-3H3,(H,35,41)/t31-,32-/m0/s1. The van der Waals surface area contributed by atoms with Gasteiger partial charge in [-0.2, -0.15) is 0 Å². The van der Waals surface area contributed by atoms with Crippen molar-refractivity contribution < 1.29 is 4.92 Å². The van der Waals surface area contributed by atoms with Gasteiger partial charge in [-0.3, -0.25) is 15.1 Å². The van der Waals surface area contributed by atoms with Crippen molar-refractivity contribution in [1.82, 2.24) is 14.9 Å². The van der Waals surface area contributed by atoms with Gasteiger partial charge in [-0.05, 0) is 99.2 Å². The molecule has 1 aliphatic rings. The second kappa shape index (κ2) is 11.4. The lowest BCUT2D eigenvalue weighted by Gasteiger charge is -2.29. The smallest absolute Gasteiger partial charge is 0.269 e. The molecule has 1 aliphatic heterocycles. The van der Waals surface area contributed by atoms with Gasteiger partial charge >= 0.3 is 0 Å². The quantitative estimate of drug-likeness (QED) is 0.117. The second-order valence-corrected chi connectivity index (χ2v) is 11.8. The first-order valence-corrected chi connectivity index (χ1v) is 14.8. The molecule has 0 saturated carbocycles. The topological polar surface area (TPSA) is 76.2 Å². The van der Waals surface area contributed by atoms with E-state index in [9.17, 15) is 10.1 Å². The zero-order valence-electron chi connectivity index (χ0n) is 23.4. The molecule has 0 unspecified atom stereocenters. The number of para-hydroxylation sites is 1. The Morgan fingerprint density at radius 3 is 2.10 bits per heavy atom. The third kappa shape index (κ3) is 5.06. The van der Waals surface area contributed by atoms with Gasteiger partial charge in [0.05, 0.1) is 22.7 Å². The Balaban J connectivity index is 1.40. The van der Waals surface area contributed by atoms with Crippen molar-refractivity contribution >= 4 is 40.5 Å². The van der Waals surface area contributed by atoms with Gasteiger partial charge in [0.25, 0.3) is 5.69 Å². The molecule has 9 heteroatoms. The minimum Gasteiger partial charge on any atom is -0.351 e. The largest absolute Gasteiger partial charge is 0.351 e. The van der Waals surface area contributed by atoms with Crippen LogP contribution in [0.1, 0.15) is 40.3 Å². The van der Waals surface area contributed by atoms with Crippen LogP contribution in [0.15, 0.2) is 113 Å². The van der Waals surface area contributed by atoms with Gasteiger partial charge < -0.3 is 14.8 Å². The van der Waals surface area contributed by atoms with Crippen molar-refractivity contribution in [2.24, 2.45) is 0 Å². The van der Waals surface area contributed by atoms with E-state index in [1.165, 1.54) is 34.6 Å². The second-order valence-electron chi connectivity index (χ2n) is 10.2. The van der Waals surface area contributed by atoms with E-state index >= 15 is 0 Å². The molecule has 1 N–H and O–H groups in total. The molecule has 0 radical (unpaired) electrons. The van der Waals surface area contributed by atoms with Crippen LogP contribution >= 0.6 is 24.0 Å². The summed E-state index contributed by atoms with van der Waals surface area (Å²) in [5, 5.41) is 15.2. The zero-order chi connectivity index (χ0) is 29.4.